The normalized spacial score (nSPS) is 16.2. The molecule has 216 valence electrons. The van der Waals surface area contributed by atoms with Crippen LogP contribution in [-0.4, -0.2) is 72.3 Å². The lowest BCUT2D eigenvalue weighted by molar-refractivity contribution is -0.132. The number of benzene rings is 2. The molecule has 2 aromatic carbocycles. The Bertz CT molecular complexity index is 1430. The minimum atomic E-state index is -0.228. The van der Waals surface area contributed by atoms with E-state index in [0.29, 0.717) is 26.0 Å². The summed E-state index contributed by atoms with van der Waals surface area (Å²) < 4.78 is 7.63. The zero-order valence-corrected chi connectivity index (χ0v) is 24.5. The van der Waals surface area contributed by atoms with Crippen molar-refractivity contribution < 1.29 is 9.53 Å². The fraction of sp³-hybridized carbons (Fsp3) is 0.424. The number of carbonyl (C=O) groups excluding carboxylic acids is 1. The molecule has 2 unspecified atom stereocenters. The van der Waals surface area contributed by atoms with E-state index in [1.54, 1.807) is 7.11 Å². The number of methoxy groups -OCH3 is 1. The number of nitrogens with zero attached hydrogens (tertiary/aromatic N) is 5. The predicted octanol–water partition coefficient (Wildman–Crippen LogP) is 4.87. The number of aryl methyl sites for hydroxylation is 1. The number of para-hydroxylation sites is 2. The van der Waals surface area contributed by atoms with Gasteiger partial charge in [-0.3, -0.25) is 4.79 Å². The third kappa shape index (κ3) is 6.94. The van der Waals surface area contributed by atoms with Crippen molar-refractivity contribution in [1.82, 2.24) is 19.4 Å². The quantitative estimate of drug-likeness (QED) is 0.266. The average molecular weight is 555 g/mol. The van der Waals surface area contributed by atoms with Crippen molar-refractivity contribution in [3.05, 3.63) is 78.2 Å². The van der Waals surface area contributed by atoms with Gasteiger partial charge in [-0.2, -0.15) is 0 Å². The number of piperidine rings is 1. The van der Waals surface area contributed by atoms with Crippen LogP contribution in [0.2, 0.25) is 0 Å². The molecule has 4 aromatic rings. The van der Waals surface area contributed by atoms with Gasteiger partial charge in [0.15, 0.2) is 0 Å². The Kier molecular flexibility index (Phi) is 9.31. The Labute approximate surface area is 243 Å². The number of amides is 1. The number of hydrogen-bond acceptors (Lipinski definition) is 6. The van der Waals surface area contributed by atoms with E-state index in [1.165, 1.54) is 0 Å². The van der Waals surface area contributed by atoms with E-state index < -0.39 is 0 Å². The van der Waals surface area contributed by atoms with E-state index in [0.717, 1.165) is 71.7 Å². The molecule has 0 aliphatic carbocycles. The van der Waals surface area contributed by atoms with Crippen LogP contribution < -0.4 is 10.6 Å². The van der Waals surface area contributed by atoms with Gasteiger partial charge in [0, 0.05) is 77.6 Å². The molecular formula is C33H42N6O2. The maximum atomic E-state index is 13.3. The number of imidazole rings is 1. The summed E-state index contributed by atoms with van der Waals surface area (Å²) in [6.45, 7) is 3.04. The maximum Gasteiger partial charge on any atom is 0.224 e. The summed E-state index contributed by atoms with van der Waals surface area (Å²) in [5.41, 5.74) is 12.0. The Morgan fingerprint density at radius 3 is 2.61 bits per heavy atom. The van der Waals surface area contributed by atoms with E-state index in [9.17, 15) is 4.79 Å². The highest BCUT2D eigenvalue weighted by Gasteiger charge is 2.29. The van der Waals surface area contributed by atoms with Crippen LogP contribution in [0.4, 0.5) is 5.82 Å². The molecule has 0 spiro atoms. The van der Waals surface area contributed by atoms with Crippen LogP contribution in [0.1, 0.15) is 43.0 Å². The first-order valence-corrected chi connectivity index (χ1v) is 14.6. The van der Waals surface area contributed by atoms with Gasteiger partial charge in [0.2, 0.25) is 5.91 Å². The fourth-order valence-electron chi connectivity index (χ4n) is 5.81. The second-order valence-corrected chi connectivity index (χ2v) is 11.3. The van der Waals surface area contributed by atoms with Gasteiger partial charge in [0.1, 0.15) is 11.6 Å². The molecule has 41 heavy (non-hydrogen) atoms. The monoisotopic (exact) mass is 554 g/mol. The molecule has 3 heterocycles. The number of fused-ring (bicyclic) bond motifs is 1. The van der Waals surface area contributed by atoms with Crippen LogP contribution in [0, 0.1) is 0 Å². The van der Waals surface area contributed by atoms with E-state index in [1.807, 2.05) is 42.2 Å². The molecule has 2 aromatic heterocycles. The summed E-state index contributed by atoms with van der Waals surface area (Å²) in [5, 5.41) is 0. The largest absolute Gasteiger partial charge is 0.385 e. The maximum absolute atomic E-state index is 13.3. The Morgan fingerprint density at radius 2 is 1.88 bits per heavy atom. The molecule has 1 saturated heterocycles. The molecule has 2 N–H and O–H groups in total. The van der Waals surface area contributed by atoms with Crippen molar-refractivity contribution in [3.8, 4) is 11.1 Å². The highest BCUT2D eigenvalue weighted by molar-refractivity contribution is 5.78. The molecule has 8 nitrogen and oxygen atoms in total. The minimum Gasteiger partial charge on any atom is -0.385 e. The number of anilines is 1. The smallest absolute Gasteiger partial charge is 0.224 e. The summed E-state index contributed by atoms with van der Waals surface area (Å²) in [6, 6.07) is 20.6. The van der Waals surface area contributed by atoms with Crippen LogP contribution in [0.5, 0.6) is 0 Å². The first-order chi connectivity index (χ1) is 19.9. The Morgan fingerprint density at radius 1 is 1.10 bits per heavy atom. The highest BCUT2D eigenvalue weighted by Crippen LogP contribution is 2.30. The lowest BCUT2D eigenvalue weighted by Gasteiger charge is -2.33. The van der Waals surface area contributed by atoms with Crippen LogP contribution in [0.3, 0.4) is 0 Å². The van der Waals surface area contributed by atoms with Crippen molar-refractivity contribution in [2.24, 2.45) is 5.73 Å². The number of likely N-dealkylation sites (tertiary alicyclic amines) is 1. The highest BCUT2D eigenvalue weighted by atomic mass is 16.5. The molecular weight excluding hydrogens is 512 g/mol. The van der Waals surface area contributed by atoms with Crippen LogP contribution in [0.15, 0.2) is 66.9 Å². The van der Waals surface area contributed by atoms with Gasteiger partial charge in [-0.05, 0) is 61.1 Å². The second kappa shape index (κ2) is 13.3. The lowest BCUT2D eigenvalue weighted by Crippen LogP contribution is -2.42. The number of nitrogens with two attached hydrogens (primary N) is 1. The topological polar surface area (TPSA) is 89.5 Å². The molecule has 0 radical (unpaired) electrons. The summed E-state index contributed by atoms with van der Waals surface area (Å²) in [6.07, 6.45) is 5.83. The predicted molar refractivity (Wildman–Crippen MR) is 165 cm³/mol. The second-order valence-electron chi connectivity index (χ2n) is 11.3. The third-order valence-corrected chi connectivity index (χ3v) is 7.98. The third-order valence-electron chi connectivity index (χ3n) is 7.98. The van der Waals surface area contributed by atoms with Crippen molar-refractivity contribution in [2.45, 2.75) is 50.6 Å². The average Bonchev–Trinajstić information content (AvgIpc) is 3.36. The van der Waals surface area contributed by atoms with Gasteiger partial charge < -0.3 is 24.8 Å². The molecule has 1 aliphatic rings. The zero-order chi connectivity index (χ0) is 28.8. The van der Waals surface area contributed by atoms with Gasteiger partial charge in [-0.15, -0.1) is 0 Å². The van der Waals surface area contributed by atoms with Gasteiger partial charge in [-0.25, -0.2) is 9.97 Å². The van der Waals surface area contributed by atoms with E-state index in [2.05, 4.69) is 58.1 Å². The standard InChI is InChI=1S/C33H42N6O2/c1-37(2)31-16-15-26(22-35-31)25-13-11-24(12-14-25)20-28(34)21-32(40)38-17-6-8-27(23-38)33-36-29-9-4-5-10-30(29)39(33)18-7-19-41-3/h4-5,9-16,22,27-28H,6-8,17-21,23,34H2,1-3H3. The Hall–Kier alpha value is -3.75. The van der Waals surface area contributed by atoms with Gasteiger partial charge in [0.25, 0.3) is 0 Å². The van der Waals surface area contributed by atoms with E-state index in [-0.39, 0.29) is 17.9 Å². The van der Waals surface area contributed by atoms with Crippen LogP contribution in [0.25, 0.3) is 22.2 Å². The minimum absolute atomic E-state index is 0.132. The number of carbonyl (C=O) groups is 1. The van der Waals surface area contributed by atoms with E-state index in [4.69, 9.17) is 15.5 Å². The summed E-state index contributed by atoms with van der Waals surface area (Å²) >= 11 is 0. The molecule has 2 atom stereocenters. The molecule has 1 fully saturated rings. The van der Waals surface area contributed by atoms with Gasteiger partial charge in [-0.1, -0.05) is 36.4 Å². The fourth-order valence-corrected chi connectivity index (χ4v) is 5.81. The lowest BCUT2D eigenvalue weighted by atomic mass is 9.95. The van der Waals surface area contributed by atoms with Crippen molar-refractivity contribution in [1.29, 1.82) is 0 Å². The van der Waals surface area contributed by atoms with Crippen molar-refractivity contribution in [2.75, 3.05) is 45.8 Å². The van der Waals surface area contributed by atoms with Crippen molar-refractivity contribution in [3.63, 3.8) is 0 Å². The molecule has 8 heteroatoms. The van der Waals surface area contributed by atoms with Gasteiger partial charge >= 0.3 is 0 Å². The van der Waals surface area contributed by atoms with Crippen molar-refractivity contribution >= 4 is 22.8 Å². The number of rotatable bonds is 11. The first kappa shape index (κ1) is 28.8. The number of hydrogen-bond donors (Lipinski definition) is 1. The SMILES string of the molecule is COCCCn1c(C2CCCN(C(=O)CC(N)Cc3ccc(-c4ccc(N(C)C)nc4)cc3)C2)nc2ccccc21. The summed E-state index contributed by atoms with van der Waals surface area (Å²) in [5.74, 6) is 2.36. The number of ether oxygens (including phenoxy) is 1. The Balaban J connectivity index is 1.19. The number of pyridine rings is 1. The molecule has 0 saturated carbocycles. The first-order valence-electron chi connectivity index (χ1n) is 14.6. The van der Waals surface area contributed by atoms with Crippen LogP contribution >= 0.6 is 0 Å². The molecule has 1 amide bonds. The number of aromatic nitrogens is 3. The zero-order valence-electron chi connectivity index (χ0n) is 24.5. The van der Waals surface area contributed by atoms with E-state index >= 15 is 0 Å². The summed E-state index contributed by atoms with van der Waals surface area (Å²) in [4.78, 5) is 26.9. The molecule has 1 aliphatic heterocycles. The molecule has 0 bridgehead atoms. The summed E-state index contributed by atoms with van der Waals surface area (Å²) in [7, 11) is 5.70. The molecule has 5 rings (SSSR count). The van der Waals surface area contributed by atoms with Crippen LogP contribution in [-0.2, 0) is 22.5 Å². The van der Waals surface area contributed by atoms with Gasteiger partial charge in [0.05, 0.1) is 11.0 Å².